The second-order valence-corrected chi connectivity index (χ2v) is 7.48. The van der Waals surface area contributed by atoms with Crippen molar-refractivity contribution in [3.05, 3.63) is 20.8 Å². The van der Waals surface area contributed by atoms with Crippen molar-refractivity contribution >= 4 is 27.3 Å². The highest BCUT2D eigenvalue weighted by molar-refractivity contribution is 9.10. The number of aliphatic hydroxyl groups excluding tert-OH is 1. The van der Waals surface area contributed by atoms with Crippen LogP contribution in [0.4, 0.5) is 0 Å². The van der Waals surface area contributed by atoms with Gasteiger partial charge in [-0.05, 0) is 46.1 Å². The fraction of sp³-hybridized carbons (Fsp3) is 0.692. The molecule has 17 heavy (non-hydrogen) atoms. The van der Waals surface area contributed by atoms with Gasteiger partial charge in [-0.1, -0.05) is 20.8 Å². The van der Waals surface area contributed by atoms with E-state index in [1.165, 1.54) is 4.88 Å². The molecule has 1 aromatic heterocycles. The molecule has 0 aromatic carbocycles. The van der Waals surface area contributed by atoms with Gasteiger partial charge in [-0.2, -0.15) is 0 Å². The van der Waals surface area contributed by atoms with E-state index in [0.717, 1.165) is 10.9 Å². The molecule has 0 aliphatic heterocycles. The van der Waals surface area contributed by atoms with Gasteiger partial charge in [0.1, 0.15) is 0 Å². The van der Waals surface area contributed by atoms with Crippen molar-refractivity contribution in [2.45, 2.75) is 46.3 Å². The van der Waals surface area contributed by atoms with Crippen LogP contribution in [0, 0.1) is 5.41 Å². The molecule has 1 aromatic rings. The molecule has 0 radical (unpaired) electrons. The first kappa shape index (κ1) is 15.2. The number of aliphatic hydroxyl groups is 1. The number of thiophene rings is 1. The average Bonchev–Trinajstić information content (AvgIpc) is 2.58. The molecule has 0 aliphatic rings. The highest BCUT2D eigenvalue weighted by Gasteiger charge is 2.18. The van der Waals surface area contributed by atoms with Crippen LogP contribution in [-0.4, -0.2) is 17.8 Å². The zero-order valence-electron chi connectivity index (χ0n) is 11.0. The average molecular weight is 320 g/mol. The first-order chi connectivity index (χ1) is 7.79. The largest absolute Gasteiger partial charge is 0.392 e. The van der Waals surface area contributed by atoms with Crippen LogP contribution in [0.1, 0.15) is 45.0 Å². The number of rotatable bonds is 5. The van der Waals surface area contributed by atoms with Crippen molar-refractivity contribution in [3.8, 4) is 0 Å². The van der Waals surface area contributed by atoms with Gasteiger partial charge in [0, 0.05) is 21.9 Å². The van der Waals surface area contributed by atoms with E-state index in [0.29, 0.717) is 6.54 Å². The summed E-state index contributed by atoms with van der Waals surface area (Å²) in [6.07, 6.45) is 0.536. The van der Waals surface area contributed by atoms with Gasteiger partial charge in [-0.25, -0.2) is 0 Å². The minimum atomic E-state index is -0.281. The molecule has 0 spiro atoms. The van der Waals surface area contributed by atoms with Crippen LogP contribution in [-0.2, 0) is 0 Å². The lowest BCUT2D eigenvalue weighted by atomic mass is 9.89. The lowest BCUT2D eigenvalue weighted by molar-refractivity contribution is 0.117. The molecule has 1 heterocycles. The first-order valence-electron chi connectivity index (χ1n) is 5.94. The number of hydrogen-bond acceptors (Lipinski definition) is 3. The lowest BCUT2D eigenvalue weighted by Crippen LogP contribution is -2.31. The maximum atomic E-state index is 9.93. The van der Waals surface area contributed by atoms with E-state index >= 15 is 0 Å². The molecule has 98 valence electrons. The predicted octanol–water partition coefficient (Wildman–Crippen LogP) is 3.96. The molecule has 2 unspecified atom stereocenters. The molecule has 2 nitrogen and oxygen atoms in total. The van der Waals surface area contributed by atoms with Crippen molar-refractivity contribution in [3.63, 3.8) is 0 Å². The van der Waals surface area contributed by atoms with Gasteiger partial charge in [0.05, 0.1) is 6.10 Å². The van der Waals surface area contributed by atoms with Gasteiger partial charge >= 0.3 is 0 Å². The van der Waals surface area contributed by atoms with E-state index < -0.39 is 0 Å². The molecule has 0 fully saturated rings. The third kappa shape index (κ3) is 5.51. The van der Waals surface area contributed by atoms with Gasteiger partial charge in [-0.3, -0.25) is 0 Å². The summed E-state index contributed by atoms with van der Waals surface area (Å²) in [5, 5.41) is 15.4. The molecule has 0 aliphatic carbocycles. The van der Waals surface area contributed by atoms with Gasteiger partial charge < -0.3 is 10.4 Å². The second kappa shape index (κ2) is 6.32. The summed E-state index contributed by atoms with van der Waals surface area (Å²) >= 11 is 5.26. The number of hydrogen-bond donors (Lipinski definition) is 2. The van der Waals surface area contributed by atoms with Crippen LogP contribution in [0.5, 0.6) is 0 Å². The van der Waals surface area contributed by atoms with Crippen LogP contribution in [0.3, 0.4) is 0 Å². The van der Waals surface area contributed by atoms with E-state index in [-0.39, 0.29) is 17.6 Å². The van der Waals surface area contributed by atoms with E-state index in [4.69, 9.17) is 0 Å². The van der Waals surface area contributed by atoms with Gasteiger partial charge in [-0.15, -0.1) is 11.3 Å². The van der Waals surface area contributed by atoms with Crippen LogP contribution in [0.2, 0.25) is 0 Å². The van der Waals surface area contributed by atoms with Crippen LogP contribution in [0.15, 0.2) is 15.9 Å². The third-order valence-corrected chi connectivity index (χ3v) is 4.60. The minimum absolute atomic E-state index is 0.174. The quantitative estimate of drug-likeness (QED) is 0.861. The number of halogens is 1. The molecule has 0 bridgehead atoms. The molecule has 1 rings (SSSR count). The Morgan fingerprint density at radius 3 is 2.59 bits per heavy atom. The Labute approximate surface area is 117 Å². The van der Waals surface area contributed by atoms with E-state index in [1.807, 2.05) is 0 Å². The topological polar surface area (TPSA) is 32.3 Å². The predicted molar refractivity (Wildman–Crippen MR) is 78.5 cm³/mol. The van der Waals surface area contributed by atoms with Gasteiger partial charge in [0.25, 0.3) is 0 Å². The minimum Gasteiger partial charge on any atom is -0.392 e. The molecule has 4 heteroatoms. The van der Waals surface area contributed by atoms with E-state index in [9.17, 15) is 5.11 Å². The fourth-order valence-electron chi connectivity index (χ4n) is 1.80. The Balaban J connectivity index is 2.39. The molecular weight excluding hydrogens is 298 g/mol. The summed E-state index contributed by atoms with van der Waals surface area (Å²) < 4.78 is 1.15. The van der Waals surface area contributed by atoms with Crippen molar-refractivity contribution in [2.75, 3.05) is 6.54 Å². The second-order valence-electron chi connectivity index (χ2n) is 5.68. The SMILES string of the molecule is CC(NCC(O)CC(C)(C)C)c1sccc1Br. The molecule has 0 saturated carbocycles. The highest BCUT2D eigenvalue weighted by atomic mass is 79.9. The molecule has 0 saturated heterocycles. The van der Waals surface area contributed by atoms with Crippen LogP contribution in [0.25, 0.3) is 0 Å². The van der Waals surface area contributed by atoms with Gasteiger partial charge in [0.15, 0.2) is 0 Å². The Hall–Kier alpha value is 0.100. The first-order valence-corrected chi connectivity index (χ1v) is 7.61. The smallest absolute Gasteiger partial charge is 0.0669 e. The molecule has 2 atom stereocenters. The summed E-state index contributed by atoms with van der Waals surface area (Å²) in [6, 6.07) is 2.34. The van der Waals surface area contributed by atoms with Crippen molar-refractivity contribution in [1.82, 2.24) is 5.32 Å². The summed E-state index contributed by atoms with van der Waals surface area (Å²) in [5.41, 5.74) is 0.174. The Kier molecular flexibility index (Phi) is 5.64. The molecule has 2 N–H and O–H groups in total. The summed E-state index contributed by atoms with van der Waals surface area (Å²) in [6.45, 7) is 9.21. The number of nitrogens with one attached hydrogen (secondary N) is 1. The summed E-state index contributed by atoms with van der Waals surface area (Å²) in [4.78, 5) is 1.29. The maximum Gasteiger partial charge on any atom is 0.0669 e. The Bertz CT molecular complexity index is 345. The zero-order valence-corrected chi connectivity index (χ0v) is 13.4. The Morgan fingerprint density at radius 1 is 1.47 bits per heavy atom. The molecular formula is C13H22BrNOS. The maximum absolute atomic E-state index is 9.93. The normalized spacial score (nSPS) is 15.9. The standard InChI is InChI=1S/C13H22BrNOS/c1-9(12-11(14)5-6-17-12)15-8-10(16)7-13(2,3)4/h5-6,9-10,15-16H,7-8H2,1-4H3. The monoisotopic (exact) mass is 319 g/mol. The summed E-state index contributed by atoms with van der Waals surface area (Å²) in [5.74, 6) is 0. The van der Waals surface area contributed by atoms with Crippen molar-refractivity contribution in [2.24, 2.45) is 5.41 Å². The van der Waals surface area contributed by atoms with Crippen LogP contribution < -0.4 is 5.32 Å². The van der Waals surface area contributed by atoms with E-state index in [1.54, 1.807) is 11.3 Å². The highest BCUT2D eigenvalue weighted by Crippen LogP contribution is 2.29. The fourth-order valence-corrected chi connectivity index (χ4v) is 3.55. The van der Waals surface area contributed by atoms with Crippen molar-refractivity contribution in [1.29, 1.82) is 0 Å². The molecule has 0 amide bonds. The third-order valence-electron chi connectivity index (χ3n) is 2.55. The van der Waals surface area contributed by atoms with Crippen LogP contribution >= 0.6 is 27.3 Å². The van der Waals surface area contributed by atoms with Crippen molar-refractivity contribution < 1.29 is 5.11 Å². The Morgan fingerprint density at radius 2 is 2.12 bits per heavy atom. The van der Waals surface area contributed by atoms with E-state index in [2.05, 4.69) is 60.4 Å². The summed E-state index contributed by atoms with van der Waals surface area (Å²) in [7, 11) is 0. The van der Waals surface area contributed by atoms with Gasteiger partial charge in [0.2, 0.25) is 0 Å². The zero-order chi connectivity index (χ0) is 13.1. The lowest BCUT2D eigenvalue weighted by Gasteiger charge is -2.23.